The largest absolute Gasteiger partial charge is 0.362 e. The summed E-state index contributed by atoms with van der Waals surface area (Å²) in [7, 11) is -0.408. The Bertz CT molecular complexity index is 1150. The van der Waals surface area contributed by atoms with Gasteiger partial charge in [0.15, 0.2) is 0 Å². The second kappa shape index (κ2) is 6.28. The molecule has 2 aromatic carbocycles. The highest BCUT2D eigenvalue weighted by Gasteiger charge is 2.25. The van der Waals surface area contributed by atoms with Gasteiger partial charge in [0.1, 0.15) is 5.82 Å². The van der Waals surface area contributed by atoms with Crippen molar-refractivity contribution in [2.75, 3.05) is 19.0 Å². The van der Waals surface area contributed by atoms with E-state index in [1.807, 2.05) is 19.1 Å². The fraction of sp³-hybridized carbons (Fsp3) is 0.250. The van der Waals surface area contributed by atoms with Crippen LogP contribution in [0, 0.1) is 12.7 Å². The van der Waals surface area contributed by atoms with Crippen molar-refractivity contribution >= 4 is 26.6 Å². The van der Waals surface area contributed by atoms with Crippen molar-refractivity contribution in [3.63, 3.8) is 0 Å². The number of aromatic nitrogens is 1. The lowest BCUT2D eigenvalue weighted by Gasteiger charge is -2.20. The van der Waals surface area contributed by atoms with Crippen LogP contribution in [0.2, 0.25) is 0 Å². The molecule has 0 amide bonds. The van der Waals surface area contributed by atoms with Gasteiger partial charge in [0.25, 0.3) is 0 Å². The number of anilines is 1. The monoisotopic (exact) mass is 385 g/mol. The Kier molecular flexibility index (Phi) is 4.16. The fourth-order valence-electron chi connectivity index (χ4n) is 3.49. The number of fused-ring (bicyclic) bond motifs is 2. The Morgan fingerprint density at radius 3 is 2.52 bits per heavy atom. The van der Waals surface area contributed by atoms with Gasteiger partial charge in [0, 0.05) is 50.0 Å². The molecule has 0 saturated carbocycles. The minimum Gasteiger partial charge on any atom is -0.362 e. The van der Waals surface area contributed by atoms with Crippen LogP contribution in [0.15, 0.2) is 47.4 Å². The van der Waals surface area contributed by atoms with Gasteiger partial charge in [-0.1, -0.05) is 6.07 Å². The van der Waals surface area contributed by atoms with Crippen molar-refractivity contribution < 1.29 is 12.8 Å². The smallest absolute Gasteiger partial charge is 0.242 e. The Balaban J connectivity index is 1.75. The van der Waals surface area contributed by atoms with Gasteiger partial charge in [0.2, 0.25) is 10.0 Å². The normalized spacial score (nSPS) is 14.2. The summed E-state index contributed by atoms with van der Waals surface area (Å²) >= 11 is 0. The number of pyridine rings is 1. The van der Waals surface area contributed by atoms with E-state index in [0.717, 1.165) is 27.9 Å². The molecular weight excluding hydrogens is 365 g/mol. The number of rotatable bonds is 3. The number of hydrogen-bond donors (Lipinski definition) is 0. The zero-order chi connectivity index (χ0) is 19.3. The van der Waals surface area contributed by atoms with Crippen LogP contribution in [0.25, 0.3) is 10.9 Å². The molecule has 0 unspecified atom stereocenters. The highest BCUT2D eigenvalue weighted by atomic mass is 32.2. The molecule has 140 valence electrons. The van der Waals surface area contributed by atoms with Crippen LogP contribution in [0.4, 0.5) is 10.1 Å². The summed E-state index contributed by atoms with van der Waals surface area (Å²) in [6.45, 7) is 3.16. The van der Waals surface area contributed by atoms with Gasteiger partial charge in [-0.3, -0.25) is 4.98 Å². The number of halogens is 1. The van der Waals surface area contributed by atoms with Crippen molar-refractivity contribution in [2.45, 2.75) is 24.9 Å². The fourth-order valence-corrected chi connectivity index (χ4v) is 4.44. The molecule has 0 radical (unpaired) electrons. The van der Waals surface area contributed by atoms with Crippen LogP contribution in [-0.2, 0) is 23.1 Å². The molecule has 0 fully saturated rings. The molecular formula is C20H20FN3O2S. The van der Waals surface area contributed by atoms with Crippen molar-refractivity contribution in [1.82, 2.24) is 9.29 Å². The summed E-state index contributed by atoms with van der Waals surface area (Å²) in [5, 5.41) is 0.885. The van der Waals surface area contributed by atoms with E-state index < -0.39 is 10.0 Å². The molecule has 0 bridgehead atoms. The molecule has 0 spiro atoms. The molecule has 2 heterocycles. The van der Waals surface area contributed by atoms with Gasteiger partial charge in [0.05, 0.1) is 10.4 Å². The van der Waals surface area contributed by atoms with E-state index in [0.29, 0.717) is 23.5 Å². The second-order valence-corrected chi connectivity index (χ2v) is 9.17. The molecule has 7 heteroatoms. The van der Waals surface area contributed by atoms with Crippen molar-refractivity contribution in [2.24, 2.45) is 0 Å². The zero-order valence-electron chi connectivity index (χ0n) is 15.4. The predicted octanol–water partition coefficient (Wildman–Crippen LogP) is 3.45. The van der Waals surface area contributed by atoms with Gasteiger partial charge in [-0.05, 0) is 48.4 Å². The molecule has 0 saturated heterocycles. The molecule has 4 rings (SSSR count). The maximum Gasteiger partial charge on any atom is 0.242 e. The molecule has 27 heavy (non-hydrogen) atoms. The Morgan fingerprint density at radius 2 is 1.78 bits per heavy atom. The number of hydrogen-bond acceptors (Lipinski definition) is 4. The lowest BCUT2D eigenvalue weighted by Crippen LogP contribution is -2.22. The van der Waals surface area contributed by atoms with Crippen LogP contribution >= 0.6 is 0 Å². The highest BCUT2D eigenvalue weighted by Crippen LogP contribution is 2.34. The third kappa shape index (κ3) is 3.07. The van der Waals surface area contributed by atoms with Gasteiger partial charge in [-0.15, -0.1) is 0 Å². The summed E-state index contributed by atoms with van der Waals surface area (Å²) in [6, 6.07) is 11.9. The van der Waals surface area contributed by atoms with Crippen LogP contribution in [0.3, 0.4) is 0 Å². The van der Waals surface area contributed by atoms with E-state index in [2.05, 4.69) is 9.88 Å². The van der Waals surface area contributed by atoms with Gasteiger partial charge in [-0.2, -0.15) is 0 Å². The summed E-state index contributed by atoms with van der Waals surface area (Å²) < 4.78 is 39.6. The average molecular weight is 385 g/mol. The zero-order valence-corrected chi connectivity index (χ0v) is 16.2. The number of nitrogens with zero attached hydrogens (tertiary/aromatic N) is 3. The van der Waals surface area contributed by atoms with E-state index in [-0.39, 0.29) is 5.82 Å². The van der Waals surface area contributed by atoms with Gasteiger partial charge >= 0.3 is 0 Å². The SMILES string of the molecule is Cc1cc(N2Cc3ccc(S(=O)(=O)N(C)C)cc3C2)c2ccc(F)cc2n1. The quantitative estimate of drug-likeness (QED) is 0.693. The number of aryl methyl sites for hydroxylation is 1. The molecule has 0 N–H and O–H groups in total. The first-order valence-corrected chi connectivity index (χ1v) is 10.1. The first-order chi connectivity index (χ1) is 12.8. The molecule has 1 aliphatic rings. The third-order valence-corrected chi connectivity index (χ3v) is 6.71. The Hall–Kier alpha value is -2.51. The molecule has 5 nitrogen and oxygen atoms in total. The topological polar surface area (TPSA) is 53.5 Å². The number of sulfonamides is 1. The summed E-state index contributed by atoms with van der Waals surface area (Å²) in [4.78, 5) is 6.90. The molecule has 1 aliphatic heterocycles. The first-order valence-electron chi connectivity index (χ1n) is 8.62. The van der Waals surface area contributed by atoms with Gasteiger partial charge < -0.3 is 4.90 Å². The predicted molar refractivity (Wildman–Crippen MR) is 104 cm³/mol. The van der Waals surface area contributed by atoms with E-state index >= 15 is 0 Å². The van der Waals surface area contributed by atoms with Crippen LogP contribution < -0.4 is 4.90 Å². The summed E-state index contributed by atoms with van der Waals surface area (Å²) in [5.74, 6) is -0.310. The number of benzene rings is 2. The third-order valence-electron chi connectivity index (χ3n) is 4.90. The Morgan fingerprint density at radius 1 is 1.04 bits per heavy atom. The Labute approximate surface area is 158 Å². The van der Waals surface area contributed by atoms with E-state index in [1.165, 1.54) is 30.5 Å². The van der Waals surface area contributed by atoms with Crippen molar-refractivity contribution in [3.05, 3.63) is 65.1 Å². The lowest BCUT2D eigenvalue weighted by atomic mass is 10.1. The average Bonchev–Trinajstić information content (AvgIpc) is 3.03. The molecule has 0 atom stereocenters. The summed E-state index contributed by atoms with van der Waals surface area (Å²) in [5.41, 5.74) is 4.50. The van der Waals surface area contributed by atoms with Crippen molar-refractivity contribution in [1.29, 1.82) is 0 Å². The van der Waals surface area contributed by atoms with E-state index in [1.54, 1.807) is 18.2 Å². The van der Waals surface area contributed by atoms with Crippen LogP contribution in [0.1, 0.15) is 16.8 Å². The minimum atomic E-state index is -3.46. The summed E-state index contributed by atoms with van der Waals surface area (Å²) in [6.07, 6.45) is 0. The lowest BCUT2D eigenvalue weighted by molar-refractivity contribution is 0.520. The van der Waals surface area contributed by atoms with Crippen LogP contribution in [0.5, 0.6) is 0 Å². The van der Waals surface area contributed by atoms with E-state index in [4.69, 9.17) is 0 Å². The standard InChI is InChI=1S/C20H20FN3O2S/c1-13-8-20(18-7-5-16(21)10-19(18)22-13)24-11-14-4-6-17(9-15(14)12-24)27(25,26)23(2)3/h4-10H,11-12H2,1-3H3. The molecule has 1 aromatic heterocycles. The second-order valence-electron chi connectivity index (χ2n) is 7.02. The van der Waals surface area contributed by atoms with Crippen LogP contribution in [-0.4, -0.2) is 31.8 Å². The highest BCUT2D eigenvalue weighted by molar-refractivity contribution is 7.89. The first kappa shape index (κ1) is 17.9. The van der Waals surface area contributed by atoms with Gasteiger partial charge in [-0.25, -0.2) is 17.1 Å². The van der Waals surface area contributed by atoms with Crippen molar-refractivity contribution in [3.8, 4) is 0 Å². The maximum atomic E-state index is 13.6. The minimum absolute atomic E-state index is 0.297. The molecule has 0 aliphatic carbocycles. The maximum absolute atomic E-state index is 13.6. The molecule has 3 aromatic rings. The van der Waals surface area contributed by atoms with E-state index in [9.17, 15) is 12.8 Å².